The maximum absolute atomic E-state index is 5.93. The van der Waals surface area contributed by atoms with E-state index in [-0.39, 0.29) is 5.96 Å². The molecule has 1 unspecified atom stereocenters. The van der Waals surface area contributed by atoms with Gasteiger partial charge in [0.15, 0.2) is 0 Å². The third kappa shape index (κ3) is 6.81. The SMILES string of the molecule is CCCCON(OC)C1N=C(N(OC)OC)N=C(N(C)OC)N1OCCCC. The second-order valence-electron chi connectivity index (χ2n) is 5.66. The standard InChI is InChI=1S/C16H34N6O6/c1-8-10-12-27-20-15(19(3)23-4)17-14(21(24-5)25-6)18-16(20)22(26-7)28-13-11-9-2/h16H,8-13H2,1-7H3. The maximum atomic E-state index is 5.93. The summed E-state index contributed by atoms with van der Waals surface area (Å²) in [7, 11) is 7.57. The summed E-state index contributed by atoms with van der Waals surface area (Å²) >= 11 is 0. The Morgan fingerprint density at radius 1 is 0.929 bits per heavy atom. The first kappa shape index (κ1) is 24.5. The van der Waals surface area contributed by atoms with Gasteiger partial charge in [0, 0.05) is 7.05 Å². The molecule has 1 heterocycles. The summed E-state index contributed by atoms with van der Waals surface area (Å²) in [6, 6.07) is 0. The number of hydrogen-bond donors (Lipinski definition) is 0. The Kier molecular flexibility index (Phi) is 11.9. The predicted octanol–water partition coefficient (Wildman–Crippen LogP) is 1.54. The molecule has 0 aromatic heterocycles. The van der Waals surface area contributed by atoms with Crippen LogP contribution in [0.2, 0.25) is 0 Å². The van der Waals surface area contributed by atoms with Gasteiger partial charge in [0.05, 0.1) is 41.7 Å². The quantitative estimate of drug-likeness (QED) is 0.331. The summed E-state index contributed by atoms with van der Waals surface area (Å²) < 4.78 is 0. The van der Waals surface area contributed by atoms with Crippen molar-refractivity contribution in [1.82, 2.24) is 20.6 Å². The summed E-state index contributed by atoms with van der Waals surface area (Å²) in [6.07, 6.45) is 2.82. The molecule has 0 fully saturated rings. The van der Waals surface area contributed by atoms with Crippen molar-refractivity contribution in [3.05, 3.63) is 0 Å². The van der Waals surface area contributed by atoms with Gasteiger partial charge in [-0.05, 0) is 18.1 Å². The summed E-state index contributed by atoms with van der Waals surface area (Å²) in [5, 5.41) is 5.18. The first-order chi connectivity index (χ1) is 13.6. The fraction of sp³-hybridized carbons (Fsp3) is 0.875. The van der Waals surface area contributed by atoms with Crippen molar-refractivity contribution in [3.63, 3.8) is 0 Å². The lowest BCUT2D eigenvalue weighted by Crippen LogP contribution is -2.57. The Labute approximate surface area is 166 Å². The van der Waals surface area contributed by atoms with Crippen molar-refractivity contribution in [2.24, 2.45) is 9.98 Å². The largest absolute Gasteiger partial charge is 0.280 e. The second-order valence-corrected chi connectivity index (χ2v) is 5.66. The first-order valence-corrected chi connectivity index (χ1v) is 9.28. The van der Waals surface area contributed by atoms with Crippen LogP contribution in [-0.2, 0) is 29.0 Å². The highest BCUT2D eigenvalue weighted by atomic mass is 17.0. The van der Waals surface area contributed by atoms with E-state index < -0.39 is 6.29 Å². The molecule has 0 saturated heterocycles. The molecule has 0 aromatic rings. The molecule has 0 amide bonds. The molecule has 0 saturated carbocycles. The van der Waals surface area contributed by atoms with Gasteiger partial charge in [-0.15, -0.1) is 0 Å². The van der Waals surface area contributed by atoms with Crippen molar-refractivity contribution in [1.29, 1.82) is 0 Å². The fourth-order valence-corrected chi connectivity index (χ4v) is 2.12. The molecule has 0 N–H and O–H groups in total. The van der Waals surface area contributed by atoms with Gasteiger partial charge >= 0.3 is 0 Å². The Morgan fingerprint density at radius 3 is 2.11 bits per heavy atom. The van der Waals surface area contributed by atoms with Crippen molar-refractivity contribution in [2.45, 2.75) is 45.8 Å². The van der Waals surface area contributed by atoms with Gasteiger partial charge in [0.25, 0.3) is 18.2 Å². The first-order valence-electron chi connectivity index (χ1n) is 9.28. The number of guanidine groups is 2. The average Bonchev–Trinajstić information content (AvgIpc) is 2.72. The van der Waals surface area contributed by atoms with E-state index in [9.17, 15) is 0 Å². The minimum absolute atomic E-state index is 0.130. The Hall–Kier alpha value is -1.54. The van der Waals surface area contributed by atoms with Crippen molar-refractivity contribution >= 4 is 11.9 Å². The zero-order valence-corrected chi connectivity index (χ0v) is 18.0. The van der Waals surface area contributed by atoms with Gasteiger partial charge in [-0.1, -0.05) is 31.9 Å². The number of aliphatic imine (C=N–C) groups is 2. The third-order valence-corrected chi connectivity index (χ3v) is 3.70. The van der Waals surface area contributed by atoms with Gasteiger partial charge in [-0.25, -0.2) is 14.7 Å². The monoisotopic (exact) mass is 406 g/mol. The van der Waals surface area contributed by atoms with Gasteiger partial charge in [-0.2, -0.15) is 15.0 Å². The van der Waals surface area contributed by atoms with E-state index in [0.29, 0.717) is 19.2 Å². The highest BCUT2D eigenvalue weighted by Crippen LogP contribution is 2.19. The minimum Gasteiger partial charge on any atom is -0.274 e. The zero-order chi connectivity index (χ0) is 20.9. The third-order valence-electron chi connectivity index (χ3n) is 3.70. The molecule has 28 heavy (non-hydrogen) atoms. The summed E-state index contributed by atoms with van der Waals surface area (Å²) in [6.45, 7) is 5.07. The molecule has 12 heteroatoms. The van der Waals surface area contributed by atoms with E-state index >= 15 is 0 Å². The van der Waals surface area contributed by atoms with Crippen LogP contribution >= 0.6 is 0 Å². The number of nitrogens with zero attached hydrogens (tertiary/aromatic N) is 6. The van der Waals surface area contributed by atoms with E-state index in [1.165, 1.54) is 43.8 Å². The Morgan fingerprint density at radius 2 is 1.57 bits per heavy atom. The molecule has 164 valence electrons. The number of hydroxylamine groups is 8. The van der Waals surface area contributed by atoms with Crippen LogP contribution in [0.3, 0.4) is 0 Å². The summed E-state index contributed by atoms with van der Waals surface area (Å²) in [5.74, 6) is 0.444. The molecule has 1 aliphatic rings. The lowest BCUT2D eigenvalue weighted by molar-refractivity contribution is -0.413. The second kappa shape index (κ2) is 13.6. The molecule has 0 radical (unpaired) electrons. The average molecular weight is 406 g/mol. The molecule has 1 atom stereocenters. The molecule has 0 bridgehead atoms. The van der Waals surface area contributed by atoms with E-state index in [2.05, 4.69) is 23.8 Å². The van der Waals surface area contributed by atoms with Crippen molar-refractivity contribution < 1.29 is 29.0 Å². The van der Waals surface area contributed by atoms with Gasteiger partial charge in [0.2, 0.25) is 0 Å². The van der Waals surface area contributed by atoms with Crippen molar-refractivity contribution in [2.75, 3.05) is 48.7 Å². The molecule has 0 spiro atoms. The molecule has 0 aliphatic carbocycles. The van der Waals surface area contributed by atoms with Crippen LogP contribution in [0.5, 0.6) is 0 Å². The molecular weight excluding hydrogens is 372 g/mol. The van der Waals surface area contributed by atoms with E-state index in [1.54, 1.807) is 7.05 Å². The van der Waals surface area contributed by atoms with Gasteiger partial charge in [0.1, 0.15) is 0 Å². The van der Waals surface area contributed by atoms with Crippen LogP contribution in [0.1, 0.15) is 39.5 Å². The molecular formula is C16H34N6O6. The number of unbranched alkanes of at least 4 members (excludes halogenated alkanes) is 2. The van der Waals surface area contributed by atoms with Gasteiger partial charge < -0.3 is 0 Å². The highest BCUT2D eigenvalue weighted by molar-refractivity contribution is 5.95. The highest BCUT2D eigenvalue weighted by Gasteiger charge is 2.38. The predicted molar refractivity (Wildman–Crippen MR) is 102 cm³/mol. The fourth-order valence-electron chi connectivity index (χ4n) is 2.12. The minimum atomic E-state index is -0.855. The van der Waals surface area contributed by atoms with Crippen LogP contribution in [0.15, 0.2) is 9.98 Å². The molecule has 1 aliphatic heterocycles. The van der Waals surface area contributed by atoms with Crippen molar-refractivity contribution in [3.8, 4) is 0 Å². The molecule has 1 rings (SSSR count). The Bertz CT molecular complexity index is 490. The zero-order valence-electron chi connectivity index (χ0n) is 18.0. The topological polar surface area (TPSA) is 93.1 Å². The van der Waals surface area contributed by atoms with E-state index in [4.69, 9.17) is 29.0 Å². The van der Waals surface area contributed by atoms with Crippen LogP contribution in [0.25, 0.3) is 0 Å². The van der Waals surface area contributed by atoms with Crippen LogP contribution in [-0.4, -0.2) is 87.5 Å². The number of hydrogen-bond acceptors (Lipinski definition) is 12. The van der Waals surface area contributed by atoms with E-state index in [1.807, 2.05) is 0 Å². The molecule has 0 aromatic carbocycles. The summed E-state index contributed by atoms with van der Waals surface area (Å²) in [4.78, 5) is 41.6. The smallest absolute Gasteiger partial charge is 0.274 e. The van der Waals surface area contributed by atoms with Crippen LogP contribution < -0.4 is 0 Å². The summed E-state index contributed by atoms with van der Waals surface area (Å²) in [5.41, 5.74) is 0. The molecule has 12 nitrogen and oxygen atoms in total. The Balaban J connectivity index is 3.24. The van der Waals surface area contributed by atoms with E-state index in [0.717, 1.165) is 30.9 Å². The maximum Gasteiger partial charge on any atom is 0.280 e. The normalized spacial score (nSPS) is 17.0. The van der Waals surface area contributed by atoms with Crippen LogP contribution in [0, 0.1) is 0 Å². The number of rotatable bonds is 13. The van der Waals surface area contributed by atoms with Gasteiger partial charge in [-0.3, -0.25) is 19.4 Å². The lowest BCUT2D eigenvalue weighted by Gasteiger charge is -2.39. The lowest BCUT2D eigenvalue weighted by atomic mass is 10.4. The van der Waals surface area contributed by atoms with Crippen LogP contribution in [0.4, 0.5) is 0 Å².